The first-order valence-corrected chi connectivity index (χ1v) is 12.6. The Labute approximate surface area is 224 Å². The van der Waals surface area contributed by atoms with Crippen LogP contribution in [0.25, 0.3) is 10.9 Å². The van der Waals surface area contributed by atoms with Crippen LogP contribution >= 0.6 is 11.6 Å². The molecular formula is C25H24ClF5N6O2. The maximum Gasteiger partial charge on any atom is 0.451 e. The quantitative estimate of drug-likeness (QED) is 0.410. The van der Waals surface area contributed by atoms with Crippen LogP contribution in [-0.2, 0) is 6.18 Å². The van der Waals surface area contributed by atoms with Crippen LogP contribution in [-0.4, -0.2) is 70.5 Å². The Morgan fingerprint density at radius 2 is 1.85 bits per heavy atom. The maximum atomic E-state index is 13.8. The van der Waals surface area contributed by atoms with Gasteiger partial charge in [0.2, 0.25) is 11.7 Å². The van der Waals surface area contributed by atoms with Crippen LogP contribution in [0.1, 0.15) is 40.6 Å². The second kappa shape index (κ2) is 10.8. The van der Waals surface area contributed by atoms with Crippen molar-refractivity contribution in [2.75, 3.05) is 32.7 Å². The minimum Gasteiger partial charge on any atom is -0.472 e. The molecule has 3 aromatic rings. The zero-order valence-electron chi connectivity index (χ0n) is 20.4. The third kappa shape index (κ3) is 6.20. The number of benzene rings is 1. The molecule has 208 valence electrons. The third-order valence-corrected chi connectivity index (χ3v) is 7.10. The summed E-state index contributed by atoms with van der Waals surface area (Å²) in [5.41, 5.74) is 0.901. The molecule has 4 heterocycles. The highest BCUT2D eigenvalue weighted by molar-refractivity contribution is 6.35. The smallest absolute Gasteiger partial charge is 0.451 e. The second-order valence-corrected chi connectivity index (χ2v) is 9.90. The van der Waals surface area contributed by atoms with E-state index in [4.69, 9.17) is 16.3 Å². The lowest BCUT2D eigenvalue weighted by molar-refractivity contribution is -0.145. The van der Waals surface area contributed by atoms with Crippen molar-refractivity contribution in [3.05, 3.63) is 58.6 Å². The highest BCUT2D eigenvalue weighted by atomic mass is 35.5. The Bertz CT molecular complexity index is 1340. The number of nitrogens with one attached hydrogen (secondary N) is 2. The predicted octanol–water partition coefficient (Wildman–Crippen LogP) is 4.25. The molecule has 0 radical (unpaired) electrons. The van der Waals surface area contributed by atoms with Crippen LogP contribution in [0.15, 0.2) is 36.7 Å². The zero-order chi connectivity index (χ0) is 27.8. The number of piperidine rings is 1. The van der Waals surface area contributed by atoms with Crippen molar-refractivity contribution in [3.8, 4) is 5.88 Å². The molecule has 5 rings (SSSR count). The van der Waals surface area contributed by atoms with E-state index in [2.05, 4.69) is 25.6 Å². The molecule has 8 nitrogen and oxygen atoms in total. The lowest BCUT2D eigenvalue weighted by atomic mass is 10.0. The summed E-state index contributed by atoms with van der Waals surface area (Å²) in [6.45, 7) is 1.29. The Morgan fingerprint density at radius 1 is 1.15 bits per heavy atom. The van der Waals surface area contributed by atoms with Gasteiger partial charge in [-0.3, -0.25) is 9.69 Å². The topological polar surface area (TPSA) is 92.3 Å². The number of pyridine rings is 1. The summed E-state index contributed by atoms with van der Waals surface area (Å²) in [6, 6.07) is 5.78. The van der Waals surface area contributed by atoms with E-state index in [9.17, 15) is 26.7 Å². The molecule has 1 atom stereocenters. The van der Waals surface area contributed by atoms with Gasteiger partial charge in [-0.1, -0.05) is 11.6 Å². The largest absolute Gasteiger partial charge is 0.472 e. The normalized spacial score (nSPS) is 18.9. The van der Waals surface area contributed by atoms with Crippen molar-refractivity contribution in [3.63, 3.8) is 0 Å². The molecule has 2 aliphatic heterocycles. The molecule has 2 fully saturated rings. The summed E-state index contributed by atoms with van der Waals surface area (Å²) in [6.07, 6.45) is -3.53. The van der Waals surface area contributed by atoms with Gasteiger partial charge in [0.25, 0.3) is 11.8 Å². The van der Waals surface area contributed by atoms with Gasteiger partial charge in [-0.05, 0) is 18.2 Å². The number of likely N-dealkylation sites (tertiary alicyclic amines) is 1. The van der Waals surface area contributed by atoms with Gasteiger partial charge in [0.15, 0.2) is 0 Å². The average molecular weight is 571 g/mol. The number of alkyl halides is 5. The van der Waals surface area contributed by atoms with Gasteiger partial charge in [0.1, 0.15) is 6.10 Å². The first-order valence-electron chi connectivity index (χ1n) is 12.3. The molecule has 1 amide bonds. The summed E-state index contributed by atoms with van der Waals surface area (Å²) < 4.78 is 72.3. The van der Waals surface area contributed by atoms with E-state index >= 15 is 0 Å². The summed E-state index contributed by atoms with van der Waals surface area (Å²) in [5.74, 6) is -4.29. The fourth-order valence-corrected chi connectivity index (χ4v) is 4.78. The van der Waals surface area contributed by atoms with E-state index in [0.717, 1.165) is 12.4 Å². The van der Waals surface area contributed by atoms with Gasteiger partial charge in [0, 0.05) is 75.0 Å². The number of halogens is 6. The molecule has 14 heteroatoms. The van der Waals surface area contributed by atoms with Gasteiger partial charge in [-0.25, -0.2) is 23.7 Å². The van der Waals surface area contributed by atoms with E-state index in [1.54, 1.807) is 23.1 Å². The van der Waals surface area contributed by atoms with Crippen molar-refractivity contribution in [1.29, 1.82) is 0 Å². The van der Waals surface area contributed by atoms with Crippen molar-refractivity contribution in [2.24, 2.45) is 0 Å². The van der Waals surface area contributed by atoms with Crippen LogP contribution in [0.3, 0.4) is 0 Å². The molecule has 0 bridgehead atoms. The number of fused-ring (bicyclic) bond motifs is 1. The molecule has 2 aromatic heterocycles. The van der Waals surface area contributed by atoms with E-state index in [1.807, 2.05) is 0 Å². The number of hydrogen-bond acceptors (Lipinski definition) is 7. The van der Waals surface area contributed by atoms with E-state index in [0.29, 0.717) is 29.9 Å². The third-order valence-electron chi connectivity index (χ3n) is 6.79. The standard InChI is InChI=1S/C25H24ClF5N6O2/c26-17-2-3-18-16(1-4-20(36-18)39-15-11-32-12-15)21(17)22(38)33-13-19(37-7-5-24(27,28)6-8-37)14-9-34-23(35-10-14)25(29,30)31/h1-4,9-10,15,19,32H,5-8,11-13H2,(H,33,38). The molecule has 0 spiro atoms. The second-order valence-electron chi connectivity index (χ2n) is 9.49. The van der Waals surface area contributed by atoms with Crippen LogP contribution < -0.4 is 15.4 Å². The lowest BCUT2D eigenvalue weighted by Gasteiger charge is -2.37. The SMILES string of the molecule is O=C(NCC(c1cnc(C(F)(F)F)nc1)N1CCC(F)(F)CC1)c1c(Cl)ccc2nc(OC3CNC3)ccc12. The Balaban J connectivity index is 1.37. The number of ether oxygens (including phenoxy) is 1. The van der Waals surface area contributed by atoms with Gasteiger partial charge < -0.3 is 15.4 Å². The lowest BCUT2D eigenvalue weighted by Crippen LogP contribution is -2.50. The summed E-state index contributed by atoms with van der Waals surface area (Å²) in [5, 5.41) is 6.51. The van der Waals surface area contributed by atoms with Gasteiger partial charge >= 0.3 is 6.18 Å². The molecule has 0 aliphatic carbocycles. The molecule has 2 N–H and O–H groups in total. The fourth-order valence-electron chi connectivity index (χ4n) is 4.53. The Hall–Kier alpha value is -3.16. The summed E-state index contributed by atoms with van der Waals surface area (Å²) in [4.78, 5) is 26.3. The van der Waals surface area contributed by atoms with Crippen LogP contribution in [0, 0.1) is 0 Å². The van der Waals surface area contributed by atoms with Crippen molar-refractivity contribution in [1.82, 2.24) is 30.5 Å². The highest BCUT2D eigenvalue weighted by Crippen LogP contribution is 2.33. The monoisotopic (exact) mass is 570 g/mol. The number of hydrogen-bond donors (Lipinski definition) is 2. The number of amides is 1. The molecule has 2 aliphatic rings. The Morgan fingerprint density at radius 3 is 2.46 bits per heavy atom. The summed E-state index contributed by atoms with van der Waals surface area (Å²) in [7, 11) is 0. The number of rotatable bonds is 7. The predicted molar refractivity (Wildman–Crippen MR) is 132 cm³/mol. The van der Waals surface area contributed by atoms with E-state index in [-0.39, 0.29) is 41.9 Å². The average Bonchev–Trinajstić information content (AvgIpc) is 2.86. The first kappa shape index (κ1) is 27.4. The van der Waals surface area contributed by atoms with Crippen LogP contribution in [0.5, 0.6) is 5.88 Å². The number of carbonyl (C=O) groups is 1. The number of carbonyl (C=O) groups excluding carboxylic acids is 1. The van der Waals surface area contributed by atoms with Crippen molar-refractivity contribution in [2.45, 2.75) is 37.1 Å². The van der Waals surface area contributed by atoms with Crippen molar-refractivity contribution < 1.29 is 31.5 Å². The molecule has 1 unspecified atom stereocenters. The highest BCUT2D eigenvalue weighted by Gasteiger charge is 2.38. The molecular weight excluding hydrogens is 547 g/mol. The van der Waals surface area contributed by atoms with Crippen molar-refractivity contribution >= 4 is 28.4 Å². The molecule has 1 aromatic carbocycles. The van der Waals surface area contributed by atoms with Gasteiger partial charge in [-0.15, -0.1) is 0 Å². The first-order chi connectivity index (χ1) is 18.5. The van der Waals surface area contributed by atoms with Crippen LogP contribution in [0.4, 0.5) is 22.0 Å². The van der Waals surface area contributed by atoms with Gasteiger partial charge in [-0.2, -0.15) is 13.2 Å². The maximum absolute atomic E-state index is 13.8. The van der Waals surface area contributed by atoms with Crippen LogP contribution in [0.2, 0.25) is 5.02 Å². The zero-order valence-corrected chi connectivity index (χ0v) is 21.2. The molecule has 39 heavy (non-hydrogen) atoms. The van der Waals surface area contributed by atoms with E-state index in [1.165, 1.54) is 6.07 Å². The molecule has 0 saturated carbocycles. The minimum absolute atomic E-state index is 0.0193. The number of aromatic nitrogens is 3. The molecule has 2 saturated heterocycles. The van der Waals surface area contributed by atoms with Gasteiger partial charge in [0.05, 0.1) is 22.1 Å². The summed E-state index contributed by atoms with van der Waals surface area (Å²) >= 11 is 6.38. The Kier molecular flexibility index (Phi) is 7.57. The van der Waals surface area contributed by atoms with E-state index < -0.39 is 42.7 Å². The number of nitrogens with zero attached hydrogens (tertiary/aromatic N) is 4. The fraction of sp³-hybridized carbons (Fsp3) is 0.440. The minimum atomic E-state index is -4.73.